The molecule has 0 N–H and O–H groups in total. The van der Waals surface area contributed by atoms with E-state index in [4.69, 9.17) is 0 Å². The van der Waals surface area contributed by atoms with Crippen molar-refractivity contribution < 1.29 is 9.59 Å². The number of carbonyl (C=O) groups excluding carboxylic acids is 2. The van der Waals surface area contributed by atoms with Gasteiger partial charge in [0.15, 0.2) is 11.6 Å². The minimum absolute atomic E-state index is 0.00833. The van der Waals surface area contributed by atoms with E-state index >= 15 is 0 Å². The fourth-order valence-electron chi connectivity index (χ4n) is 2.43. The molecule has 0 aromatic carbocycles. The van der Waals surface area contributed by atoms with E-state index in [1.165, 1.54) is 19.4 Å². The number of hydrogen-bond donors (Lipinski definition) is 0. The van der Waals surface area contributed by atoms with Crippen LogP contribution >= 0.6 is 0 Å². The zero-order valence-electron chi connectivity index (χ0n) is 12.7. The molecule has 2 rings (SSSR count). The number of Topliss-reactive ketones (excluding diaryl/α,β-unsaturated/α-hetero) is 2. The van der Waals surface area contributed by atoms with Crippen LogP contribution in [0.3, 0.4) is 0 Å². The summed E-state index contributed by atoms with van der Waals surface area (Å²) in [6.45, 7) is 9.51. The van der Waals surface area contributed by atoms with Gasteiger partial charge < -0.3 is 0 Å². The highest BCUT2D eigenvalue weighted by Crippen LogP contribution is 2.34. The van der Waals surface area contributed by atoms with E-state index in [0.29, 0.717) is 11.1 Å². The van der Waals surface area contributed by atoms with Crippen molar-refractivity contribution in [2.75, 3.05) is 0 Å². The first-order valence-corrected chi connectivity index (χ1v) is 6.81. The Labute approximate surface area is 120 Å². The van der Waals surface area contributed by atoms with Gasteiger partial charge in [-0.05, 0) is 42.0 Å². The van der Waals surface area contributed by atoms with Crippen molar-refractivity contribution in [2.45, 2.75) is 40.0 Å². The maximum Gasteiger partial charge on any atom is 0.160 e. The van der Waals surface area contributed by atoms with E-state index in [1.807, 2.05) is 24.3 Å². The molecule has 0 saturated heterocycles. The third-order valence-electron chi connectivity index (χ3n) is 3.64. The largest absolute Gasteiger partial charge is 0.294 e. The van der Waals surface area contributed by atoms with Gasteiger partial charge in [0.1, 0.15) is 0 Å². The average Bonchev–Trinajstić information content (AvgIpc) is 2.53. The van der Waals surface area contributed by atoms with Crippen LogP contribution < -0.4 is 0 Å². The van der Waals surface area contributed by atoms with Gasteiger partial charge >= 0.3 is 0 Å². The fraction of sp³-hybridized carbons (Fsp3) is 0.333. The van der Waals surface area contributed by atoms with Crippen molar-refractivity contribution in [2.24, 2.45) is 0 Å². The van der Waals surface area contributed by atoms with Crippen LogP contribution in [0.5, 0.6) is 0 Å². The maximum atomic E-state index is 11.8. The standard InChI is InChI=1S/C18H20O2/c1-11(19)16-10-17(12(2)20)15-9-7-13(18(3,4)5)6-8-14(15)16/h6-10H,1-5H3. The quantitative estimate of drug-likeness (QED) is 0.752. The molecule has 0 bridgehead atoms. The molecule has 0 atom stereocenters. The van der Waals surface area contributed by atoms with Crippen molar-refractivity contribution >= 4 is 11.6 Å². The van der Waals surface area contributed by atoms with Crippen LogP contribution in [0.25, 0.3) is 11.1 Å². The molecule has 0 aromatic heterocycles. The number of hydrogen-bond acceptors (Lipinski definition) is 2. The molecule has 0 fully saturated rings. The van der Waals surface area contributed by atoms with Crippen LogP contribution in [0, 0.1) is 0 Å². The monoisotopic (exact) mass is 268 g/mol. The van der Waals surface area contributed by atoms with Crippen molar-refractivity contribution in [1.29, 1.82) is 0 Å². The third kappa shape index (κ3) is 2.51. The minimum Gasteiger partial charge on any atom is -0.294 e. The summed E-state index contributed by atoms with van der Waals surface area (Å²) in [4.78, 5) is 23.5. The molecule has 0 aromatic rings. The minimum atomic E-state index is -0.00833. The second kappa shape index (κ2) is 4.86. The SMILES string of the molecule is CC(=O)c1cc(C(C)=O)c2ccc(C(C)(C)C)ccc1-2. The lowest BCUT2D eigenvalue weighted by atomic mass is 9.88. The molecule has 0 unspecified atom stereocenters. The predicted octanol–water partition coefficient (Wildman–Crippen LogP) is 4.49. The molecule has 0 aliphatic heterocycles. The fourth-order valence-corrected chi connectivity index (χ4v) is 2.43. The van der Waals surface area contributed by atoms with Crippen molar-refractivity contribution in [3.63, 3.8) is 0 Å². The Hall–Kier alpha value is -1.96. The van der Waals surface area contributed by atoms with Gasteiger partial charge in [0, 0.05) is 11.1 Å². The summed E-state index contributed by atoms with van der Waals surface area (Å²) >= 11 is 0. The van der Waals surface area contributed by atoms with E-state index < -0.39 is 0 Å². The molecular weight excluding hydrogens is 248 g/mol. The van der Waals surface area contributed by atoms with E-state index in [9.17, 15) is 9.59 Å². The number of rotatable bonds is 2. The number of ketones is 2. The van der Waals surface area contributed by atoms with Crippen LogP contribution in [-0.2, 0) is 5.41 Å². The number of fused-ring (bicyclic) bond motifs is 1. The Morgan fingerprint density at radius 2 is 1.20 bits per heavy atom. The van der Waals surface area contributed by atoms with E-state index in [2.05, 4.69) is 20.8 Å². The molecular formula is C18H20O2. The molecule has 20 heavy (non-hydrogen) atoms. The molecule has 0 saturated carbocycles. The first-order chi connectivity index (χ1) is 9.21. The van der Waals surface area contributed by atoms with Gasteiger partial charge in [-0.2, -0.15) is 0 Å². The Morgan fingerprint density at radius 3 is 1.50 bits per heavy atom. The van der Waals surface area contributed by atoms with Gasteiger partial charge in [0.2, 0.25) is 0 Å². The summed E-state index contributed by atoms with van der Waals surface area (Å²) in [5.74, 6) is -0.0167. The lowest BCUT2D eigenvalue weighted by molar-refractivity contribution is 0.101. The van der Waals surface area contributed by atoms with Crippen LogP contribution in [-0.4, -0.2) is 11.6 Å². The first-order valence-electron chi connectivity index (χ1n) is 6.81. The summed E-state index contributed by atoms with van der Waals surface area (Å²) in [5.41, 5.74) is 4.18. The summed E-state index contributed by atoms with van der Waals surface area (Å²) in [6, 6.07) is 9.71. The summed E-state index contributed by atoms with van der Waals surface area (Å²) in [5, 5.41) is 0. The van der Waals surface area contributed by atoms with Crippen LogP contribution in [0.2, 0.25) is 0 Å². The summed E-state index contributed by atoms with van der Waals surface area (Å²) in [7, 11) is 0. The predicted molar refractivity (Wildman–Crippen MR) is 81.8 cm³/mol. The summed E-state index contributed by atoms with van der Waals surface area (Å²) < 4.78 is 0. The van der Waals surface area contributed by atoms with Gasteiger partial charge in [-0.3, -0.25) is 9.59 Å². The molecule has 0 heterocycles. The summed E-state index contributed by atoms with van der Waals surface area (Å²) in [6.07, 6.45) is 0. The Kier molecular flexibility index (Phi) is 3.51. The Balaban J connectivity index is 2.77. The molecule has 104 valence electrons. The number of carbonyl (C=O) groups is 2. The van der Waals surface area contributed by atoms with E-state index in [-0.39, 0.29) is 17.0 Å². The third-order valence-corrected chi connectivity index (χ3v) is 3.64. The van der Waals surface area contributed by atoms with Crippen molar-refractivity contribution in [3.8, 4) is 11.1 Å². The lowest BCUT2D eigenvalue weighted by Gasteiger charge is -2.17. The normalized spacial score (nSPS) is 11.7. The van der Waals surface area contributed by atoms with Gasteiger partial charge in [0.25, 0.3) is 0 Å². The van der Waals surface area contributed by atoms with Gasteiger partial charge in [0.05, 0.1) is 0 Å². The molecule has 2 heteroatoms. The molecule has 2 aliphatic rings. The zero-order chi connectivity index (χ0) is 15.1. The van der Waals surface area contributed by atoms with Gasteiger partial charge in [-0.15, -0.1) is 0 Å². The molecule has 0 amide bonds. The molecule has 0 radical (unpaired) electrons. The highest BCUT2D eigenvalue weighted by atomic mass is 16.1. The van der Waals surface area contributed by atoms with E-state index in [0.717, 1.165) is 11.1 Å². The molecule has 2 nitrogen and oxygen atoms in total. The second-order valence-electron chi connectivity index (χ2n) is 6.28. The van der Waals surface area contributed by atoms with Gasteiger partial charge in [-0.1, -0.05) is 45.0 Å². The maximum absolute atomic E-state index is 11.8. The highest BCUT2D eigenvalue weighted by Gasteiger charge is 2.21. The van der Waals surface area contributed by atoms with Crippen LogP contribution in [0.15, 0.2) is 30.3 Å². The molecule has 0 spiro atoms. The highest BCUT2D eigenvalue weighted by molar-refractivity contribution is 6.10. The second-order valence-corrected chi connectivity index (χ2v) is 6.28. The smallest absolute Gasteiger partial charge is 0.160 e. The zero-order valence-corrected chi connectivity index (χ0v) is 12.7. The van der Waals surface area contributed by atoms with Crippen molar-refractivity contribution in [3.05, 3.63) is 47.0 Å². The van der Waals surface area contributed by atoms with Crippen LogP contribution in [0.4, 0.5) is 0 Å². The van der Waals surface area contributed by atoms with Crippen LogP contribution in [0.1, 0.15) is 60.9 Å². The topological polar surface area (TPSA) is 34.1 Å². The van der Waals surface area contributed by atoms with Gasteiger partial charge in [-0.25, -0.2) is 0 Å². The Morgan fingerprint density at radius 1 is 0.800 bits per heavy atom. The first kappa shape index (κ1) is 14.4. The van der Waals surface area contributed by atoms with E-state index in [1.54, 1.807) is 6.07 Å². The van der Waals surface area contributed by atoms with Crippen molar-refractivity contribution in [1.82, 2.24) is 0 Å². The Bertz CT molecular complexity index is 611. The lowest BCUT2D eigenvalue weighted by Crippen LogP contribution is -2.09. The molecule has 2 aliphatic carbocycles. The average molecular weight is 268 g/mol.